The molecule has 0 aliphatic carbocycles. The summed E-state index contributed by atoms with van der Waals surface area (Å²) in [5.41, 5.74) is 0.498. The Kier molecular flexibility index (Phi) is 7.56. The van der Waals surface area contributed by atoms with Crippen molar-refractivity contribution in [2.45, 2.75) is 32.2 Å². The smallest absolute Gasteiger partial charge is 0.232 e. The van der Waals surface area contributed by atoms with E-state index in [1.165, 1.54) is 6.07 Å². The van der Waals surface area contributed by atoms with Crippen LogP contribution < -0.4 is 5.32 Å². The highest BCUT2D eigenvalue weighted by molar-refractivity contribution is 7.99. The van der Waals surface area contributed by atoms with Crippen molar-refractivity contribution in [2.75, 3.05) is 25.1 Å². The van der Waals surface area contributed by atoms with Gasteiger partial charge in [-0.1, -0.05) is 18.2 Å². The Hall–Kier alpha value is -1.56. The lowest BCUT2D eigenvalue weighted by Crippen LogP contribution is -2.41. The number of carbonyl (C=O) groups is 2. The maximum absolute atomic E-state index is 13.5. The molecule has 1 aliphatic heterocycles. The van der Waals surface area contributed by atoms with E-state index in [1.807, 2.05) is 11.2 Å². The van der Waals surface area contributed by atoms with Crippen LogP contribution in [-0.4, -0.2) is 41.8 Å². The van der Waals surface area contributed by atoms with Crippen LogP contribution in [0.4, 0.5) is 4.39 Å². The minimum atomic E-state index is -0.298. The minimum absolute atomic E-state index is 0.0641. The Labute approximate surface area is 147 Å². The van der Waals surface area contributed by atoms with Crippen molar-refractivity contribution in [3.05, 3.63) is 35.6 Å². The number of nitrogens with zero attached hydrogens (tertiary/aromatic N) is 1. The van der Waals surface area contributed by atoms with Crippen LogP contribution in [0.5, 0.6) is 0 Å². The number of carbonyl (C=O) groups excluding carboxylic acids is 2. The quantitative estimate of drug-likeness (QED) is 0.821. The van der Waals surface area contributed by atoms with E-state index in [9.17, 15) is 14.0 Å². The summed E-state index contributed by atoms with van der Waals surface area (Å²) in [6.45, 7) is 1.80. The van der Waals surface area contributed by atoms with E-state index in [1.54, 1.807) is 30.0 Å². The highest BCUT2D eigenvalue weighted by Crippen LogP contribution is 2.21. The summed E-state index contributed by atoms with van der Waals surface area (Å²) < 4.78 is 13.5. The van der Waals surface area contributed by atoms with Crippen molar-refractivity contribution in [2.24, 2.45) is 5.92 Å². The number of rotatable bonds is 7. The fourth-order valence-electron chi connectivity index (χ4n) is 3.00. The second-order valence-corrected chi connectivity index (χ2v) is 7.05. The van der Waals surface area contributed by atoms with Gasteiger partial charge in [-0.2, -0.15) is 11.8 Å². The van der Waals surface area contributed by atoms with Crippen LogP contribution in [-0.2, 0) is 16.1 Å². The number of piperidine rings is 1. The summed E-state index contributed by atoms with van der Waals surface area (Å²) in [4.78, 5) is 25.9. The van der Waals surface area contributed by atoms with Gasteiger partial charge in [-0.05, 0) is 37.5 Å². The van der Waals surface area contributed by atoms with Crippen LogP contribution in [0.2, 0.25) is 0 Å². The van der Waals surface area contributed by atoms with Gasteiger partial charge in [0.15, 0.2) is 0 Å². The number of benzene rings is 1. The van der Waals surface area contributed by atoms with Crippen molar-refractivity contribution in [3.63, 3.8) is 0 Å². The van der Waals surface area contributed by atoms with Crippen LogP contribution in [0.1, 0.15) is 31.2 Å². The topological polar surface area (TPSA) is 49.4 Å². The van der Waals surface area contributed by atoms with E-state index >= 15 is 0 Å². The number of nitrogens with one attached hydrogen (secondary N) is 1. The molecule has 0 spiro atoms. The summed E-state index contributed by atoms with van der Waals surface area (Å²) >= 11 is 1.54. The molecule has 1 saturated heterocycles. The lowest BCUT2D eigenvalue weighted by atomic mass is 9.93. The summed E-state index contributed by atoms with van der Waals surface area (Å²) in [5.74, 6) is 0.731. The number of hydrogen-bond acceptors (Lipinski definition) is 3. The monoisotopic (exact) mass is 352 g/mol. The van der Waals surface area contributed by atoms with Gasteiger partial charge >= 0.3 is 0 Å². The number of amides is 2. The zero-order chi connectivity index (χ0) is 17.4. The molecule has 2 amide bonds. The second kappa shape index (κ2) is 9.67. The van der Waals surface area contributed by atoms with E-state index in [-0.39, 0.29) is 24.2 Å². The molecule has 1 N–H and O–H groups in total. The largest absolute Gasteiger partial charge is 0.352 e. The molecular weight excluding hydrogens is 327 g/mol. The molecule has 2 rings (SSSR count). The molecule has 0 saturated carbocycles. The van der Waals surface area contributed by atoms with Crippen molar-refractivity contribution >= 4 is 23.6 Å². The highest BCUT2D eigenvalue weighted by Gasteiger charge is 2.23. The molecule has 1 aromatic carbocycles. The summed E-state index contributed by atoms with van der Waals surface area (Å²) in [5, 5.41) is 2.77. The van der Waals surface area contributed by atoms with Gasteiger partial charge < -0.3 is 10.2 Å². The Balaban J connectivity index is 1.71. The van der Waals surface area contributed by atoms with Gasteiger partial charge in [-0.3, -0.25) is 9.59 Å². The van der Waals surface area contributed by atoms with Crippen LogP contribution >= 0.6 is 11.8 Å². The van der Waals surface area contributed by atoms with Crippen molar-refractivity contribution < 1.29 is 14.0 Å². The first-order valence-electron chi connectivity index (χ1n) is 8.37. The zero-order valence-electron chi connectivity index (χ0n) is 14.1. The lowest BCUT2D eigenvalue weighted by molar-refractivity contribution is -0.130. The fraction of sp³-hybridized carbons (Fsp3) is 0.556. The van der Waals surface area contributed by atoms with Gasteiger partial charge in [0.05, 0.1) is 5.75 Å². The second-order valence-electron chi connectivity index (χ2n) is 6.19. The molecule has 0 bridgehead atoms. The molecule has 0 radical (unpaired) electrons. The van der Waals surface area contributed by atoms with Gasteiger partial charge in [0.2, 0.25) is 11.8 Å². The third-order valence-corrected chi connectivity index (χ3v) is 4.89. The van der Waals surface area contributed by atoms with Gasteiger partial charge in [0.25, 0.3) is 0 Å². The molecule has 0 aromatic heterocycles. The van der Waals surface area contributed by atoms with Crippen LogP contribution in [0.25, 0.3) is 0 Å². The third-order valence-electron chi connectivity index (χ3n) is 4.35. The molecule has 1 atom stereocenters. The number of hydrogen-bond donors (Lipinski definition) is 1. The Bertz CT molecular complexity index is 568. The fourth-order valence-corrected chi connectivity index (χ4v) is 3.43. The highest BCUT2D eigenvalue weighted by atomic mass is 32.2. The Morgan fingerprint density at radius 2 is 2.17 bits per heavy atom. The standard InChI is InChI=1S/C18H25FN2O2S/c1-24-13-18(23)21-10-4-5-14(12-21)8-9-17(22)20-11-15-6-2-3-7-16(15)19/h2-3,6-7,14H,4-5,8-13H2,1H3,(H,20,22). The van der Waals surface area contributed by atoms with E-state index in [0.29, 0.717) is 23.7 Å². The van der Waals surface area contributed by atoms with E-state index in [4.69, 9.17) is 0 Å². The minimum Gasteiger partial charge on any atom is -0.352 e. The van der Waals surface area contributed by atoms with Crippen molar-refractivity contribution in [1.29, 1.82) is 0 Å². The van der Waals surface area contributed by atoms with Gasteiger partial charge in [0.1, 0.15) is 5.82 Å². The molecule has 4 nitrogen and oxygen atoms in total. The maximum Gasteiger partial charge on any atom is 0.232 e. The molecule has 1 unspecified atom stereocenters. The molecule has 6 heteroatoms. The molecule has 1 aliphatic rings. The lowest BCUT2D eigenvalue weighted by Gasteiger charge is -2.32. The van der Waals surface area contributed by atoms with Crippen LogP contribution in [0.3, 0.4) is 0 Å². The van der Waals surface area contributed by atoms with Crippen LogP contribution in [0.15, 0.2) is 24.3 Å². The normalized spacial score (nSPS) is 17.6. The SMILES string of the molecule is CSCC(=O)N1CCCC(CCC(=O)NCc2ccccc2F)C1. The van der Waals surface area contributed by atoms with Crippen molar-refractivity contribution in [1.82, 2.24) is 10.2 Å². The van der Waals surface area contributed by atoms with E-state index < -0.39 is 0 Å². The van der Waals surface area contributed by atoms with Gasteiger partial charge in [0, 0.05) is 31.6 Å². The van der Waals surface area contributed by atoms with Gasteiger partial charge in [-0.15, -0.1) is 0 Å². The van der Waals surface area contributed by atoms with E-state index in [0.717, 1.165) is 32.4 Å². The van der Waals surface area contributed by atoms with Crippen molar-refractivity contribution in [3.8, 4) is 0 Å². The van der Waals surface area contributed by atoms with Crippen LogP contribution in [0, 0.1) is 11.7 Å². The average molecular weight is 352 g/mol. The van der Waals surface area contributed by atoms with E-state index in [2.05, 4.69) is 5.32 Å². The van der Waals surface area contributed by atoms with Gasteiger partial charge in [-0.25, -0.2) is 4.39 Å². The third kappa shape index (κ3) is 5.82. The number of halogens is 1. The number of thioether (sulfide) groups is 1. The summed E-state index contributed by atoms with van der Waals surface area (Å²) in [6, 6.07) is 6.45. The predicted octanol–water partition coefficient (Wildman–Crippen LogP) is 2.82. The summed E-state index contributed by atoms with van der Waals surface area (Å²) in [6.07, 6.45) is 5.18. The predicted molar refractivity (Wildman–Crippen MR) is 95.2 cm³/mol. The molecule has 24 heavy (non-hydrogen) atoms. The average Bonchev–Trinajstić information content (AvgIpc) is 2.60. The molecule has 1 heterocycles. The first-order chi connectivity index (χ1) is 11.6. The molecular formula is C18H25FN2O2S. The molecule has 1 fully saturated rings. The Morgan fingerprint density at radius 1 is 1.38 bits per heavy atom. The maximum atomic E-state index is 13.5. The zero-order valence-corrected chi connectivity index (χ0v) is 14.9. The molecule has 1 aromatic rings. The number of likely N-dealkylation sites (tertiary alicyclic amines) is 1. The summed E-state index contributed by atoms with van der Waals surface area (Å²) in [7, 11) is 0. The molecule has 132 valence electrons. The Morgan fingerprint density at radius 3 is 2.92 bits per heavy atom. The first-order valence-corrected chi connectivity index (χ1v) is 9.76. The first kappa shape index (κ1) is 18.8.